The lowest BCUT2D eigenvalue weighted by molar-refractivity contribution is 0.00752. The predicted octanol–water partition coefficient (Wildman–Crippen LogP) is 1.94. The molecule has 0 radical (unpaired) electrons. The Balaban J connectivity index is 2.35. The molecular weight excluding hydrogens is 276 g/mol. The summed E-state index contributed by atoms with van der Waals surface area (Å²) in [5, 5.41) is 6.91. The van der Waals surface area contributed by atoms with Crippen molar-refractivity contribution in [1.82, 2.24) is 15.5 Å². The fourth-order valence-electron chi connectivity index (χ4n) is 2.83. The molecule has 0 aromatic rings. The van der Waals surface area contributed by atoms with Crippen LogP contribution >= 0.6 is 0 Å². The highest BCUT2D eigenvalue weighted by atomic mass is 16.5. The van der Waals surface area contributed by atoms with Gasteiger partial charge in [0.05, 0.1) is 13.2 Å². The van der Waals surface area contributed by atoms with Gasteiger partial charge in [0.15, 0.2) is 5.96 Å². The van der Waals surface area contributed by atoms with Gasteiger partial charge in [-0.05, 0) is 24.7 Å². The molecule has 5 nitrogen and oxygen atoms in total. The molecule has 0 spiro atoms. The maximum absolute atomic E-state index is 5.46. The van der Waals surface area contributed by atoms with Gasteiger partial charge in [-0.2, -0.15) is 0 Å². The minimum atomic E-state index is 0.526. The highest BCUT2D eigenvalue weighted by molar-refractivity contribution is 5.79. The van der Waals surface area contributed by atoms with Crippen LogP contribution in [0.5, 0.6) is 0 Å². The molecule has 0 saturated carbocycles. The van der Waals surface area contributed by atoms with Crippen LogP contribution < -0.4 is 10.6 Å². The second kappa shape index (κ2) is 10.8. The van der Waals surface area contributed by atoms with Crippen molar-refractivity contribution >= 4 is 5.96 Å². The van der Waals surface area contributed by atoms with E-state index in [1.807, 2.05) is 7.05 Å². The van der Waals surface area contributed by atoms with Crippen LogP contribution in [0.15, 0.2) is 4.99 Å². The molecule has 5 heteroatoms. The summed E-state index contributed by atoms with van der Waals surface area (Å²) in [6, 6.07) is 0.526. The van der Waals surface area contributed by atoms with Gasteiger partial charge in [0.25, 0.3) is 0 Å². The lowest BCUT2D eigenvalue weighted by Crippen LogP contribution is -2.52. The average molecular weight is 313 g/mol. The fraction of sp³-hybridized carbons (Fsp3) is 0.941. The summed E-state index contributed by atoms with van der Waals surface area (Å²) >= 11 is 0. The van der Waals surface area contributed by atoms with Crippen molar-refractivity contribution in [3.05, 3.63) is 0 Å². The SMILES string of the molecule is CN=C(NCCCC(C)C)NCC(C(C)C)N1CCOCC1. The van der Waals surface area contributed by atoms with E-state index in [1.165, 1.54) is 12.8 Å². The van der Waals surface area contributed by atoms with Crippen LogP contribution in [-0.2, 0) is 4.74 Å². The van der Waals surface area contributed by atoms with E-state index in [-0.39, 0.29) is 0 Å². The minimum absolute atomic E-state index is 0.526. The van der Waals surface area contributed by atoms with Crippen LogP contribution in [-0.4, -0.2) is 63.3 Å². The predicted molar refractivity (Wildman–Crippen MR) is 94.5 cm³/mol. The summed E-state index contributed by atoms with van der Waals surface area (Å²) in [6.07, 6.45) is 2.45. The first kappa shape index (κ1) is 19.2. The van der Waals surface area contributed by atoms with Crippen LogP contribution in [0, 0.1) is 11.8 Å². The quantitative estimate of drug-likeness (QED) is 0.408. The van der Waals surface area contributed by atoms with Crippen LogP contribution in [0.25, 0.3) is 0 Å². The van der Waals surface area contributed by atoms with Crippen LogP contribution in [0.3, 0.4) is 0 Å². The molecule has 1 atom stereocenters. The van der Waals surface area contributed by atoms with E-state index in [1.54, 1.807) is 0 Å². The van der Waals surface area contributed by atoms with Crippen molar-refractivity contribution in [3.63, 3.8) is 0 Å². The maximum Gasteiger partial charge on any atom is 0.191 e. The third-order valence-corrected chi connectivity index (χ3v) is 4.24. The molecule has 22 heavy (non-hydrogen) atoms. The summed E-state index contributed by atoms with van der Waals surface area (Å²) in [5.74, 6) is 2.30. The Bertz CT molecular complexity index is 312. The Morgan fingerprint density at radius 2 is 1.82 bits per heavy atom. The molecule has 1 saturated heterocycles. The first-order valence-corrected chi connectivity index (χ1v) is 8.81. The zero-order valence-corrected chi connectivity index (χ0v) is 15.2. The number of hydrogen-bond acceptors (Lipinski definition) is 3. The topological polar surface area (TPSA) is 48.9 Å². The third-order valence-electron chi connectivity index (χ3n) is 4.24. The van der Waals surface area contributed by atoms with E-state index in [0.717, 1.165) is 51.3 Å². The molecule has 1 fully saturated rings. The lowest BCUT2D eigenvalue weighted by atomic mass is 10.0. The molecular formula is C17H36N4O. The van der Waals surface area contributed by atoms with Gasteiger partial charge < -0.3 is 15.4 Å². The largest absolute Gasteiger partial charge is 0.379 e. The molecule has 2 N–H and O–H groups in total. The zero-order valence-electron chi connectivity index (χ0n) is 15.2. The summed E-state index contributed by atoms with van der Waals surface area (Å²) in [6.45, 7) is 14.8. The second-order valence-corrected chi connectivity index (χ2v) is 6.88. The van der Waals surface area contributed by atoms with E-state index in [0.29, 0.717) is 12.0 Å². The number of rotatable bonds is 8. The van der Waals surface area contributed by atoms with E-state index in [4.69, 9.17) is 4.74 Å². The molecule has 0 aromatic carbocycles. The van der Waals surface area contributed by atoms with E-state index in [2.05, 4.69) is 48.2 Å². The van der Waals surface area contributed by atoms with Crippen LogP contribution in [0.2, 0.25) is 0 Å². The van der Waals surface area contributed by atoms with Gasteiger partial charge in [-0.3, -0.25) is 9.89 Å². The summed E-state index contributed by atoms with van der Waals surface area (Å²) in [7, 11) is 1.84. The third kappa shape index (κ3) is 7.45. The van der Waals surface area contributed by atoms with Crippen molar-refractivity contribution in [2.75, 3.05) is 46.4 Å². The minimum Gasteiger partial charge on any atom is -0.379 e. The standard InChI is InChI=1S/C17H36N4O/c1-14(2)7-6-8-19-17(18-5)20-13-16(15(3)4)21-9-11-22-12-10-21/h14-16H,6-13H2,1-5H3,(H2,18,19,20). The molecule has 1 rings (SSSR count). The Morgan fingerprint density at radius 3 is 2.36 bits per heavy atom. The second-order valence-electron chi connectivity index (χ2n) is 6.88. The van der Waals surface area contributed by atoms with Gasteiger partial charge in [-0.15, -0.1) is 0 Å². The Kier molecular flexibility index (Phi) is 9.48. The first-order chi connectivity index (χ1) is 10.5. The monoisotopic (exact) mass is 312 g/mol. The Labute approximate surface area is 136 Å². The zero-order chi connectivity index (χ0) is 16.4. The highest BCUT2D eigenvalue weighted by Gasteiger charge is 2.23. The summed E-state index contributed by atoms with van der Waals surface area (Å²) in [4.78, 5) is 6.87. The van der Waals surface area contributed by atoms with Gasteiger partial charge in [0, 0.05) is 39.3 Å². The number of guanidine groups is 1. The number of aliphatic imine (C=N–C) groups is 1. The van der Waals surface area contributed by atoms with Crippen molar-refractivity contribution in [2.24, 2.45) is 16.8 Å². The van der Waals surface area contributed by atoms with Crippen molar-refractivity contribution in [1.29, 1.82) is 0 Å². The lowest BCUT2D eigenvalue weighted by Gasteiger charge is -2.37. The molecule has 0 bridgehead atoms. The number of nitrogens with one attached hydrogen (secondary N) is 2. The summed E-state index contributed by atoms with van der Waals surface area (Å²) in [5.41, 5.74) is 0. The molecule has 1 heterocycles. The van der Waals surface area contributed by atoms with Gasteiger partial charge in [-0.1, -0.05) is 27.7 Å². The van der Waals surface area contributed by atoms with Crippen LogP contribution in [0.1, 0.15) is 40.5 Å². The van der Waals surface area contributed by atoms with E-state index >= 15 is 0 Å². The van der Waals surface area contributed by atoms with E-state index < -0.39 is 0 Å². The maximum atomic E-state index is 5.46. The van der Waals surface area contributed by atoms with Crippen molar-refractivity contribution in [2.45, 2.75) is 46.6 Å². The number of morpholine rings is 1. The fourth-order valence-corrected chi connectivity index (χ4v) is 2.83. The molecule has 1 aliphatic heterocycles. The molecule has 1 aliphatic rings. The van der Waals surface area contributed by atoms with Crippen LogP contribution in [0.4, 0.5) is 0 Å². The molecule has 1 unspecified atom stereocenters. The van der Waals surface area contributed by atoms with Gasteiger partial charge in [0.1, 0.15) is 0 Å². The Morgan fingerprint density at radius 1 is 1.14 bits per heavy atom. The molecule has 0 amide bonds. The first-order valence-electron chi connectivity index (χ1n) is 8.81. The average Bonchev–Trinajstić information content (AvgIpc) is 2.50. The normalized spacial score (nSPS) is 18.8. The van der Waals surface area contributed by atoms with Gasteiger partial charge in [0.2, 0.25) is 0 Å². The molecule has 130 valence electrons. The smallest absolute Gasteiger partial charge is 0.191 e. The number of ether oxygens (including phenoxy) is 1. The number of hydrogen-bond donors (Lipinski definition) is 2. The molecule has 0 aromatic heterocycles. The van der Waals surface area contributed by atoms with Crippen molar-refractivity contribution < 1.29 is 4.74 Å². The van der Waals surface area contributed by atoms with E-state index in [9.17, 15) is 0 Å². The van der Waals surface area contributed by atoms with Gasteiger partial charge in [-0.25, -0.2) is 0 Å². The van der Waals surface area contributed by atoms with Gasteiger partial charge >= 0.3 is 0 Å². The Hall–Kier alpha value is -0.810. The highest BCUT2D eigenvalue weighted by Crippen LogP contribution is 2.12. The molecule has 0 aliphatic carbocycles. The number of nitrogens with zero attached hydrogens (tertiary/aromatic N) is 2. The summed E-state index contributed by atoms with van der Waals surface area (Å²) < 4.78 is 5.46. The van der Waals surface area contributed by atoms with Crippen molar-refractivity contribution in [3.8, 4) is 0 Å².